The zero-order valence-corrected chi connectivity index (χ0v) is 9.05. The molecule has 0 aliphatic heterocycles. The van der Waals surface area contributed by atoms with Gasteiger partial charge in [-0.15, -0.1) is 0 Å². The van der Waals surface area contributed by atoms with Gasteiger partial charge in [-0.2, -0.15) is 5.26 Å². The zero-order chi connectivity index (χ0) is 11.3. The van der Waals surface area contributed by atoms with E-state index < -0.39 is 6.04 Å². The number of aryl methyl sites for hydroxylation is 1. The number of hydrogen-bond acceptors (Lipinski definition) is 2. The van der Waals surface area contributed by atoms with E-state index in [-0.39, 0.29) is 5.82 Å². The highest BCUT2D eigenvalue weighted by Crippen LogP contribution is 2.16. The summed E-state index contributed by atoms with van der Waals surface area (Å²) in [4.78, 5) is 0. The van der Waals surface area contributed by atoms with Crippen LogP contribution in [0.15, 0.2) is 18.2 Å². The van der Waals surface area contributed by atoms with Crippen LogP contribution in [0.1, 0.15) is 30.5 Å². The molecule has 0 bridgehead atoms. The molecule has 0 aliphatic rings. The number of nitrogens with one attached hydrogen (secondary N) is 1. The summed E-state index contributed by atoms with van der Waals surface area (Å²) in [5, 5.41) is 12.0. The summed E-state index contributed by atoms with van der Waals surface area (Å²) in [5.41, 5.74) is 1.29. The Kier molecular flexibility index (Phi) is 4.26. The van der Waals surface area contributed by atoms with Gasteiger partial charge in [0.25, 0.3) is 0 Å². The van der Waals surface area contributed by atoms with Crippen LogP contribution >= 0.6 is 0 Å². The van der Waals surface area contributed by atoms with Crippen molar-refractivity contribution in [1.29, 1.82) is 5.26 Å². The van der Waals surface area contributed by atoms with Crippen LogP contribution in [0.2, 0.25) is 0 Å². The highest BCUT2D eigenvalue weighted by atomic mass is 19.1. The topological polar surface area (TPSA) is 35.8 Å². The molecule has 0 saturated heterocycles. The lowest BCUT2D eigenvalue weighted by molar-refractivity contribution is 0.596. The van der Waals surface area contributed by atoms with Crippen molar-refractivity contribution < 1.29 is 4.39 Å². The van der Waals surface area contributed by atoms with Crippen molar-refractivity contribution in [3.63, 3.8) is 0 Å². The lowest BCUT2D eigenvalue weighted by atomic mass is 10.1. The molecule has 3 heteroatoms. The van der Waals surface area contributed by atoms with Crippen LogP contribution in [0, 0.1) is 24.1 Å². The Hall–Kier alpha value is -1.40. The van der Waals surface area contributed by atoms with Crippen LogP contribution in [0.3, 0.4) is 0 Å². The molecule has 1 aromatic carbocycles. The average Bonchev–Trinajstić information content (AvgIpc) is 2.24. The zero-order valence-electron chi connectivity index (χ0n) is 9.05. The normalized spacial score (nSPS) is 12.1. The molecule has 0 saturated carbocycles. The Morgan fingerprint density at radius 1 is 1.53 bits per heavy atom. The second-order valence-electron chi connectivity index (χ2n) is 3.52. The summed E-state index contributed by atoms with van der Waals surface area (Å²) < 4.78 is 13.3. The van der Waals surface area contributed by atoms with Gasteiger partial charge in [0.2, 0.25) is 0 Å². The largest absolute Gasteiger partial charge is 0.298 e. The van der Waals surface area contributed by atoms with E-state index in [0.29, 0.717) is 11.1 Å². The number of halogens is 1. The van der Waals surface area contributed by atoms with Crippen molar-refractivity contribution in [2.24, 2.45) is 0 Å². The predicted octanol–water partition coefficient (Wildman–Crippen LogP) is 2.70. The van der Waals surface area contributed by atoms with E-state index in [2.05, 4.69) is 11.4 Å². The van der Waals surface area contributed by atoms with Gasteiger partial charge < -0.3 is 0 Å². The fraction of sp³-hybridized carbons (Fsp3) is 0.417. The van der Waals surface area contributed by atoms with Gasteiger partial charge in [-0.25, -0.2) is 4.39 Å². The van der Waals surface area contributed by atoms with E-state index in [9.17, 15) is 4.39 Å². The van der Waals surface area contributed by atoms with E-state index >= 15 is 0 Å². The number of hydrogen-bond donors (Lipinski definition) is 1. The Morgan fingerprint density at radius 3 is 2.80 bits per heavy atom. The molecule has 80 valence electrons. The molecule has 15 heavy (non-hydrogen) atoms. The maximum atomic E-state index is 13.3. The molecule has 1 aromatic rings. The summed E-state index contributed by atoms with van der Waals surface area (Å²) in [5.74, 6) is -0.258. The standard InChI is InChI=1S/C12H15FN2/c1-3-6-15-12(8-14)10-5-4-9(2)11(13)7-10/h4-5,7,12,15H,3,6H2,1-2H3. The first-order valence-electron chi connectivity index (χ1n) is 5.08. The molecular formula is C12H15FN2. The predicted molar refractivity (Wildman–Crippen MR) is 57.8 cm³/mol. The summed E-state index contributed by atoms with van der Waals surface area (Å²) >= 11 is 0. The Labute approximate surface area is 89.7 Å². The minimum atomic E-state index is -0.417. The fourth-order valence-electron chi connectivity index (χ4n) is 1.32. The van der Waals surface area contributed by atoms with Crippen molar-refractivity contribution in [2.45, 2.75) is 26.3 Å². The van der Waals surface area contributed by atoms with E-state index in [0.717, 1.165) is 13.0 Å². The van der Waals surface area contributed by atoms with Gasteiger partial charge in [0.05, 0.1) is 6.07 Å². The van der Waals surface area contributed by atoms with Crippen molar-refractivity contribution in [3.8, 4) is 6.07 Å². The van der Waals surface area contributed by atoms with Crippen LogP contribution < -0.4 is 5.32 Å². The number of benzene rings is 1. The number of rotatable bonds is 4. The van der Waals surface area contributed by atoms with Crippen LogP contribution in [0.5, 0.6) is 0 Å². The van der Waals surface area contributed by atoms with Gasteiger partial charge in [-0.05, 0) is 37.1 Å². The van der Waals surface area contributed by atoms with Crippen LogP contribution in [-0.2, 0) is 0 Å². The smallest absolute Gasteiger partial charge is 0.126 e. The fourth-order valence-corrected chi connectivity index (χ4v) is 1.32. The first-order chi connectivity index (χ1) is 7.19. The summed E-state index contributed by atoms with van der Waals surface area (Å²) in [7, 11) is 0. The Morgan fingerprint density at radius 2 is 2.27 bits per heavy atom. The van der Waals surface area contributed by atoms with Crippen molar-refractivity contribution in [3.05, 3.63) is 35.1 Å². The molecule has 0 fully saturated rings. The molecule has 1 atom stereocenters. The Balaban J connectivity index is 2.84. The molecule has 1 rings (SSSR count). The van der Waals surface area contributed by atoms with E-state index in [1.165, 1.54) is 6.07 Å². The van der Waals surface area contributed by atoms with Gasteiger partial charge in [0.1, 0.15) is 11.9 Å². The van der Waals surface area contributed by atoms with Crippen LogP contribution in [0.25, 0.3) is 0 Å². The molecule has 1 unspecified atom stereocenters. The SMILES string of the molecule is CCCNC(C#N)c1ccc(C)c(F)c1. The molecule has 0 spiro atoms. The molecule has 0 amide bonds. The molecule has 2 nitrogen and oxygen atoms in total. The molecule has 0 heterocycles. The average molecular weight is 206 g/mol. The molecule has 0 aliphatic carbocycles. The van der Waals surface area contributed by atoms with Gasteiger partial charge in [0.15, 0.2) is 0 Å². The lowest BCUT2D eigenvalue weighted by Gasteiger charge is -2.11. The highest BCUT2D eigenvalue weighted by molar-refractivity contribution is 5.28. The quantitative estimate of drug-likeness (QED) is 0.822. The minimum absolute atomic E-state index is 0.258. The third kappa shape index (κ3) is 3.03. The minimum Gasteiger partial charge on any atom is -0.298 e. The maximum Gasteiger partial charge on any atom is 0.126 e. The summed E-state index contributed by atoms with van der Waals surface area (Å²) in [6.45, 7) is 4.49. The van der Waals surface area contributed by atoms with Crippen molar-refractivity contribution in [1.82, 2.24) is 5.32 Å². The summed E-state index contributed by atoms with van der Waals surface area (Å²) in [6, 6.07) is 6.61. The third-order valence-electron chi connectivity index (χ3n) is 2.26. The van der Waals surface area contributed by atoms with Gasteiger partial charge >= 0.3 is 0 Å². The lowest BCUT2D eigenvalue weighted by Crippen LogP contribution is -2.20. The van der Waals surface area contributed by atoms with Gasteiger partial charge in [-0.1, -0.05) is 19.1 Å². The van der Waals surface area contributed by atoms with Crippen LogP contribution in [-0.4, -0.2) is 6.54 Å². The van der Waals surface area contributed by atoms with Crippen LogP contribution in [0.4, 0.5) is 4.39 Å². The second-order valence-corrected chi connectivity index (χ2v) is 3.52. The van der Waals surface area contributed by atoms with Crippen molar-refractivity contribution >= 4 is 0 Å². The van der Waals surface area contributed by atoms with Gasteiger partial charge in [-0.3, -0.25) is 5.32 Å². The number of nitriles is 1. The van der Waals surface area contributed by atoms with Gasteiger partial charge in [0, 0.05) is 0 Å². The van der Waals surface area contributed by atoms with E-state index in [1.54, 1.807) is 19.1 Å². The molecule has 0 radical (unpaired) electrons. The molecular weight excluding hydrogens is 191 g/mol. The Bertz CT molecular complexity index is 368. The third-order valence-corrected chi connectivity index (χ3v) is 2.26. The maximum absolute atomic E-state index is 13.3. The summed E-state index contributed by atoms with van der Waals surface area (Å²) in [6.07, 6.45) is 0.951. The first kappa shape index (κ1) is 11.7. The van der Waals surface area contributed by atoms with E-state index in [1.807, 2.05) is 6.92 Å². The molecule has 0 aromatic heterocycles. The van der Waals surface area contributed by atoms with E-state index in [4.69, 9.17) is 5.26 Å². The van der Waals surface area contributed by atoms with Crippen molar-refractivity contribution in [2.75, 3.05) is 6.54 Å². The first-order valence-corrected chi connectivity index (χ1v) is 5.08. The molecule has 1 N–H and O–H groups in total. The highest BCUT2D eigenvalue weighted by Gasteiger charge is 2.10. The second kappa shape index (κ2) is 5.47. The number of nitrogens with zero attached hydrogens (tertiary/aromatic N) is 1. The monoisotopic (exact) mass is 206 g/mol.